The van der Waals surface area contributed by atoms with Gasteiger partial charge in [-0.1, -0.05) is 6.07 Å². The fourth-order valence-electron chi connectivity index (χ4n) is 2.29. The van der Waals surface area contributed by atoms with Crippen molar-refractivity contribution in [1.29, 1.82) is 5.26 Å². The summed E-state index contributed by atoms with van der Waals surface area (Å²) >= 11 is 0. The van der Waals surface area contributed by atoms with Crippen LogP contribution in [0.5, 0.6) is 5.75 Å². The van der Waals surface area contributed by atoms with Gasteiger partial charge in [-0.3, -0.25) is 0 Å². The molecule has 0 spiro atoms. The lowest BCUT2D eigenvalue weighted by atomic mass is 10.2. The molecule has 0 fully saturated rings. The molecular formula is C17H15N3O. The minimum Gasteiger partial charge on any atom is -0.489 e. The van der Waals surface area contributed by atoms with Crippen LogP contribution in [0.15, 0.2) is 54.9 Å². The number of aromatic nitrogens is 1. The summed E-state index contributed by atoms with van der Waals surface area (Å²) in [5.41, 5.74) is 3.50. The van der Waals surface area contributed by atoms with Gasteiger partial charge in [0.25, 0.3) is 0 Å². The summed E-state index contributed by atoms with van der Waals surface area (Å²) in [6.07, 6.45) is 3.87. The van der Waals surface area contributed by atoms with Crippen LogP contribution in [0.3, 0.4) is 0 Å². The number of ether oxygens (including phenoxy) is 1. The van der Waals surface area contributed by atoms with Crippen LogP contribution in [0.25, 0.3) is 5.52 Å². The Hall–Kier alpha value is -2.93. The van der Waals surface area contributed by atoms with E-state index in [0.29, 0.717) is 12.2 Å². The van der Waals surface area contributed by atoms with E-state index in [-0.39, 0.29) is 0 Å². The Bertz CT molecular complexity index is 797. The van der Waals surface area contributed by atoms with Gasteiger partial charge in [0.15, 0.2) is 0 Å². The van der Waals surface area contributed by atoms with Crippen LogP contribution in [-0.4, -0.2) is 11.4 Å². The molecular weight excluding hydrogens is 262 g/mol. The van der Waals surface area contributed by atoms with Gasteiger partial charge in [-0.2, -0.15) is 5.26 Å². The van der Waals surface area contributed by atoms with Gasteiger partial charge in [-0.25, -0.2) is 0 Å². The quantitative estimate of drug-likeness (QED) is 0.794. The van der Waals surface area contributed by atoms with Crippen LogP contribution in [-0.2, 0) is 6.61 Å². The molecule has 0 bridgehead atoms. The summed E-state index contributed by atoms with van der Waals surface area (Å²) in [6, 6.07) is 15.8. The third-order valence-electron chi connectivity index (χ3n) is 3.41. The highest BCUT2D eigenvalue weighted by atomic mass is 16.5. The summed E-state index contributed by atoms with van der Waals surface area (Å²) in [6.45, 7) is 0.378. The number of hydrogen-bond donors (Lipinski definition) is 1. The summed E-state index contributed by atoms with van der Waals surface area (Å²) in [4.78, 5) is 0. The second-order valence-electron chi connectivity index (χ2n) is 4.70. The highest BCUT2D eigenvalue weighted by molar-refractivity contribution is 5.65. The van der Waals surface area contributed by atoms with Gasteiger partial charge in [0.2, 0.25) is 0 Å². The van der Waals surface area contributed by atoms with E-state index in [1.165, 1.54) is 0 Å². The van der Waals surface area contributed by atoms with Gasteiger partial charge >= 0.3 is 0 Å². The lowest BCUT2D eigenvalue weighted by Gasteiger charge is -2.06. The van der Waals surface area contributed by atoms with Crippen molar-refractivity contribution in [3.8, 4) is 11.8 Å². The van der Waals surface area contributed by atoms with Crippen molar-refractivity contribution in [2.75, 3.05) is 12.4 Å². The SMILES string of the molecule is CNc1ccc(OCc2cn3ccccc3c2C#N)cc1. The van der Waals surface area contributed by atoms with E-state index < -0.39 is 0 Å². The number of nitrogens with zero attached hydrogens (tertiary/aromatic N) is 2. The van der Waals surface area contributed by atoms with Gasteiger partial charge in [0, 0.05) is 30.7 Å². The molecule has 2 heterocycles. The second kappa shape index (κ2) is 5.59. The number of hydrogen-bond acceptors (Lipinski definition) is 3. The zero-order chi connectivity index (χ0) is 14.7. The maximum Gasteiger partial charge on any atom is 0.119 e. The number of nitriles is 1. The average molecular weight is 277 g/mol. The zero-order valence-corrected chi connectivity index (χ0v) is 11.7. The maximum atomic E-state index is 9.34. The average Bonchev–Trinajstić information content (AvgIpc) is 2.91. The van der Waals surface area contributed by atoms with E-state index in [2.05, 4.69) is 11.4 Å². The molecule has 0 aliphatic carbocycles. The van der Waals surface area contributed by atoms with Gasteiger partial charge in [0.05, 0.1) is 11.1 Å². The number of fused-ring (bicyclic) bond motifs is 1. The Morgan fingerprint density at radius 2 is 2.00 bits per heavy atom. The highest BCUT2D eigenvalue weighted by Crippen LogP contribution is 2.21. The van der Waals surface area contributed by atoms with E-state index in [4.69, 9.17) is 4.74 Å². The monoisotopic (exact) mass is 277 g/mol. The topological polar surface area (TPSA) is 49.5 Å². The first-order valence-electron chi connectivity index (χ1n) is 6.71. The van der Waals surface area contributed by atoms with Crippen molar-refractivity contribution in [2.45, 2.75) is 6.61 Å². The van der Waals surface area contributed by atoms with E-state index in [1.54, 1.807) is 0 Å². The Morgan fingerprint density at radius 3 is 2.71 bits per heavy atom. The van der Waals surface area contributed by atoms with Crippen molar-refractivity contribution in [1.82, 2.24) is 4.40 Å². The smallest absolute Gasteiger partial charge is 0.119 e. The van der Waals surface area contributed by atoms with E-state index in [1.807, 2.05) is 66.3 Å². The molecule has 0 aliphatic heterocycles. The third-order valence-corrected chi connectivity index (χ3v) is 3.41. The van der Waals surface area contributed by atoms with Crippen molar-refractivity contribution in [3.05, 3.63) is 66.0 Å². The summed E-state index contributed by atoms with van der Waals surface area (Å²) < 4.78 is 7.72. The molecule has 1 aromatic carbocycles. The first kappa shape index (κ1) is 13.1. The molecule has 0 saturated heterocycles. The van der Waals surface area contributed by atoms with Crippen LogP contribution in [0.1, 0.15) is 11.1 Å². The lowest BCUT2D eigenvalue weighted by molar-refractivity contribution is 0.306. The number of rotatable bonds is 4. The summed E-state index contributed by atoms with van der Waals surface area (Å²) in [5.74, 6) is 0.785. The number of anilines is 1. The van der Waals surface area contributed by atoms with Crippen LogP contribution < -0.4 is 10.1 Å². The first-order valence-corrected chi connectivity index (χ1v) is 6.71. The molecule has 21 heavy (non-hydrogen) atoms. The molecule has 0 unspecified atom stereocenters. The fourth-order valence-corrected chi connectivity index (χ4v) is 2.29. The van der Waals surface area contributed by atoms with Gasteiger partial charge in [-0.05, 0) is 36.4 Å². The van der Waals surface area contributed by atoms with Crippen LogP contribution in [0.4, 0.5) is 5.69 Å². The molecule has 104 valence electrons. The molecule has 4 nitrogen and oxygen atoms in total. The molecule has 4 heteroatoms. The minimum atomic E-state index is 0.378. The first-order chi connectivity index (χ1) is 10.3. The van der Waals surface area contributed by atoms with Crippen LogP contribution in [0, 0.1) is 11.3 Å². The number of benzene rings is 1. The molecule has 0 radical (unpaired) electrons. The summed E-state index contributed by atoms with van der Waals surface area (Å²) in [5, 5.41) is 12.4. The fraction of sp³-hybridized carbons (Fsp3) is 0.118. The molecule has 0 saturated carbocycles. The molecule has 2 aromatic heterocycles. The second-order valence-corrected chi connectivity index (χ2v) is 4.70. The van der Waals surface area contributed by atoms with Crippen molar-refractivity contribution in [2.24, 2.45) is 0 Å². The number of nitrogens with one attached hydrogen (secondary N) is 1. The van der Waals surface area contributed by atoms with Crippen molar-refractivity contribution >= 4 is 11.2 Å². The van der Waals surface area contributed by atoms with Gasteiger partial charge < -0.3 is 14.5 Å². The Kier molecular flexibility index (Phi) is 3.48. The van der Waals surface area contributed by atoms with E-state index in [0.717, 1.165) is 22.5 Å². The lowest BCUT2D eigenvalue weighted by Crippen LogP contribution is -1.96. The van der Waals surface area contributed by atoms with Crippen molar-refractivity contribution in [3.63, 3.8) is 0 Å². The summed E-state index contributed by atoms with van der Waals surface area (Å²) in [7, 11) is 1.88. The molecule has 0 atom stereocenters. The Morgan fingerprint density at radius 1 is 1.19 bits per heavy atom. The largest absolute Gasteiger partial charge is 0.489 e. The number of pyridine rings is 1. The molecule has 3 rings (SSSR count). The minimum absolute atomic E-state index is 0.378. The Balaban J connectivity index is 1.83. The zero-order valence-electron chi connectivity index (χ0n) is 11.7. The van der Waals surface area contributed by atoms with E-state index in [9.17, 15) is 5.26 Å². The van der Waals surface area contributed by atoms with Crippen LogP contribution >= 0.6 is 0 Å². The highest BCUT2D eigenvalue weighted by Gasteiger charge is 2.10. The van der Waals surface area contributed by atoms with Crippen molar-refractivity contribution < 1.29 is 4.74 Å². The molecule has 1 N–H and O–H groups in total. The van der Waals surface area contributed by atoms with Crippen LogP contribution in [0.2, 0.25) is 0 Å². The predicted octanol–water partition coefficient (Wildman–Crippen LogP) is 3.43. The van der Waals surface area contributed by atoms with Gasteiger partial charge in [0.1, 0.15) is 18.4 Å². The Labute approximate surface area is 123 Å². The molecule has 3 aromatic rings. The normalized spacial score (nSPS) is 10.3. The third kappa shape index (κ3) is 2.54. The standard InChI is InChI=1S/C17H15N3O/c1-19-14-5-7-15(8-6-14)21-12-13-11-20-9-3-2-4-17(20)16(13)10-18/h2-9,11,19H,12H2,1H3. The molecule has 0 amide bonds. The molecule has 0 aliphatic rings. The van der Waals surface area contributed by atoms with Gasteiger partial charge in [-0.15, -0.1) is 0 Å². The maximum absolute atomic E-state index is 9.34. The predicted molar refractivity (Wildman–Crippen MR) is 82.4 cm³/mol. The van der Waals surface area contributed by atoms with E-state index >= 15 is 0 Å².